The van der Waals surface area contributed by atoms with Crippen molar-refractivity contribution in [2.24, 2.45) is 28.8 Å². The smallest absolute Gasteiger partial charge is 0.338 e. The zero-order valence-electron chi connectivity index (χ0n) is 37.8. The molecule has 2 N–H and O–H groups in total. The standard InChI is InChI=1S/C48H65N3O12/c1-9-26(2)42-29(5)19-20-47(63-42)24-36-22-35(62-47)18-13-28(4)41(27(3)11-10-12-33-25-57-44-40(52)30(6)21-37(46(54)59-36)48(33,44)55)60-39-23-38(56-8)43(31(7)58-39)61-45(53)32-14-16-34(17-15-32)50-51-49/h10-17,21,26-27,29,31,35-44,52,55H,9,18-20,22-25H2,1-8H3/b11-10-,28-13-,33-12?/t26-,27-,29-,31-,35+,36-,37-,38-,39-,40+,41+,42+,43-,44+,47+,48-/m0/s1. The highest BCUT2D eigenvalue weighted by atomic mass is 16.7. The highest BCUT2D eigenvalue weighted by Gasteiger charge is 2.60. The lowest BCUT2D eigenvalue weighted by molar-refractivity contribution is -0.340. The average molecular weight is 876 g/mol. The van der Waals surface area contributed by atoms with Crippen molar-refractivity contribution in [1.82, 2.24) is 0 Å². The van der Waals surface area contributed by atoms with Gasteiger partial charge in [0.25, 0.3) is 0 Å². The van der Waals surface area contributed by atoms with E-state index in [4.69, 9.17) is 43.4 Å². The van der Waals surface area contributed by atoms with Crippen LogP contribution in [0.2, 0.25) is 0 Å². The molecule has 0 unspecified atom stereocenters. The van der Waals surface area contributed by atoms with Crippen molar-refractivity contribution in [3.05, 3.63) is 87.4 Å². The predicted molar refractivity (Wildman–Crippen MR) is 231 cm³/mol. The molecular weight excluding hydrogens is 811 g/mol. The van der Waals surface area contributed by atoms with Crippen LogP contribution in [0.1, 0.15) is 104 Å². The molecule has 5 aliphatic heterocycles. The highest BCUT2D eigenvalue weighted by Crippen LogP contribution is 2.48. The van der Waals surface area contributed by atoms with Gasteiger partial charge in [-0.05, 0) is 79.8 Å². The number of carbonyl (C=O) groups excluding carboxylic acids is 2. The van der Waals surface area contributed by atoms with Gasteiger partial charge in [-0.1, -0.05) is 81.7 Å². The Hall–Kier alpha value is -3.89. The number of esters is 2. The van der Waals surface area contributed by atoms with Crippen molar-refractivity contribution in [1.29, 1.82) is 0 Å². The van der Waals surface area contributed by atoms with Crippen molar-refractivity contribution >= 4 is 17.6 Å². The van der Waals surface area contributed by atoms with Crippen LogP contribution >= 0.6 is 0 Å². The number of methoxy groups -OCH3 is 1. The number of ether oxygens (including phenoxy) is 8. The Kier molecular flexibility index (Phi) is 14.7. The maximum Gasteiger partial charge on any atom is 0.338 e. The number of rotatable bonds is 8. The molecule has 63 heavy (non-hydrogen) atoms. The van der Waals surface area contributed by atoms with Crippen LogP contribution in [0.25, 0.3) is 10.4 Å². The molecule has 1 aromatic carbocycles. The summed E-state index contributed by atoms with van der Waals surface area (Å²) >= 11 is 0. The second kappa shape index (κ2) is 19.7. The maximum atomic E-state index is 14.4. The molecular formula is C48H65N3O12. The summed E-state index contributed by atoms with van der Waals surface area (Å²) < 4.78 is 51.4. The summed E-state index contributed by atoms with van der Waals surface area (Å²) in [5, 5.41) is 27.3. The van der Waals surface area contributed by atoms with Crippen LogP contribution in [-0.4, -0.2) is 108 Å². The van der Waals surface area contributed by atoms with E-state index >= 15 is 0 Å². The monoisotopic (exact) mass is 875 g/mol. The van der Waals surface area contributed by atoms with Crippen molar-refractivity contribution in [2.75, 3.05) is 13.7 Å². The first-order valence-electron chi connectivity index (χ1n) is 22.6. The number of nitrogens with zero attached hydrogens (tertiary/aromatic N) is 3. The Morgan fingerprint density at radius 1 is 1.10 bits per heavy atom. The van der Waals surface area contributed by atoms with E-state index in [-0.39, 0.29) is 31.2 Å². The number of azide groups is 1. The molecule has 2 bridgehead atoms. The number of aliphatic hydroxyl groups excluding tert-OH is 1. The molecule has 4 fully saturated rings. The molecule has 4 saturated heterocycles. The van der Waals surface area contributed by atoms with E-state index in [9.17, 15) is 19.8 Å². The predicted octanol–water partition coefficient (Wildman–Crippen LogP) is 7.87. The van der Waals surface area contributed by atoms with Crippen LogP contribution < -0.4 is 0 Å². The molecule has 1 spiro atoms. The molecule has 0 aromatic heterocycles. The first kappa shape index (κ1) is 47.1. The van der Waals surface area contributed by atoms with Gasteiger partial charge in [-0.15, -0.1) is 0 Å². The van der Waals surface area contributed by atoms with Gasteiger partial charge in [0.05, 0.1) is 36.6 Å². The third kappa shape index (κ3) is 9.88. The van der Waals surface area contributed by atoms with Crippen LogP contribution in [0.4, 0.5) is 5.69 Å². The van der Waals surface area contributed by atoms with E-state index in [1.807, 2.05) is 32.9 Å². The summed E-state index contributed by atoms with van der Waals surface area (Å²) in [5.41, 5.74) is 9.49. The molecule has 1 aliphatic carbocycles. The van der Waals surface area contributed by atoms with Gasteiger partial charge in [-0.3, -0.25) is 4.79 Å². The number of hydrogen-bond acceptors (Lipinski definition) is 13. The number of aliphatic hydroxyl groups is 2. The second-order valence-corrected chi connectivity index (χ2v) is 18.6. The minimum Gasteiger partial charge on any atom is -0.462 e. The normalized spacial score (nSPS) is 41.4. The fourth-order valence-electron chi connectivity index (χ4n) is 10.3. The van der Waals surface area contributed by atoms with Gasteiger partial charge in [0.2, 0.25) is 0 Å². The number of carbonyl (C=O) groups is 2. The summed E-state index contributed by atoms with van der Waals surface area (Å²) in [5.74, 6) is -2.80. The van der Waals surface area contributed by atoms with Gasteiger partial charge in [0.1, 0.15) is 35.9 Å². The average Bonchev–Trinajstić information content (AvgIpc) is 3.60. The van der Waals surface area contributed by atoms with Crippen LogP contribution in [0.5, 0.6) is 0 Å². The molecule has 16 atom stereocenters. The zero-order chi connectivity index (χ0) is 45.2. The Labute approximate surface area is 370 Å². The van der Waals surface area contributed by atoms with Gasteiger partial charge in [-0.25, -0.2) is 4.79 Å². The molecule has 6 aliphatic rings. The van der Waals surface area contributed by atoms with E-state index < -0.39 is 78.3 Å². The van der Waals surface area contributed by atoms with E-state index in [1.54, 1.807) is 38.3 Å². The van der Waals surface area contributed by atoms with Crippen LogP contribution in [0.3, 0.4) is 0 Å². The lowest BCUT2D eigenvalue weighted by atomic mass is 9.71. The van der Waals surface area contributed by atoms with Crippen LogP contribution in [0.15, 0.2) is 76.5 Å². The molecule has 15 nitrogen and oxygen atoms in total. The minimum absolute atomic E-state index is 0.0190. The molecule has 15 heteroatoms. The van der Waals surface area contributed by atoms with Crippen molar-refractivity contribution in [2.45, 2.75) is 166 Å². The van der Waals surface area contributed by atoms with Crippen molar-refractivity contribution < 1.29 is 57.7 Å². The summed E-state index contributed by atoms with van der Waals surface area (Å²) in [6, 6.07) is 6.16. The Morgan fingerprint density at radius 2 is 1.86 bits per heavy atom. The minimum atomic E-state index is -1.84. The third-order valence-electron chi connectivity index (χ3n) is 14.2. The van der Waals surface area contributed by atoms with Gasteiger partial charge in [0.15, 0.2) is 18.2 Å². The second-order valence-electron chi connectivity index (χ2n) is 18.6. The van der Waals surface area contributed by atoms with Crippen molar-refractivity contribution in [3.8, 4) is 0 Å². The number of fused-ring (bicyclic) bond motifs is 2. The molecule has 0 radical (unpaired) electrons. The fourth-order valence-corrected chi connectivity index (χ4v) is 10.3. The van der Waals surface area contributed by atoms with Crippen LogP contribution in [0, 0.1) is 23.7 Å². The highest BCUT2D eigenvalue weighted by molar-refractivity contribution is 5.90. The zero-order valence-corrected chi connectivity index (χ0v) is 37.8. The fraction of sp³-hybridized carbons (Fsp3) is 0.667. The molecule has 1 aromatic rings. The quantitative estimate of drug-likeness (QED) is 0.0844. The summed E-state index contributed by atoms with van der Waals surface area (Å²) in [4.78, 5) is 30.4. The number of allylic oxidation sites excluding steroid dienone is 2. The summed E-state index contributed by atoms with van der Waals surface area (Å²) in [7, 11) is 1.56. The lowest BCUT2D eigenvalue weighted by Gasteiger charge is -2.51. The first-order chi connectivity index (χ1) is 30.1. The molecule has 5 heterocycles. The molecule has 0 amide bonds. The summed E-state index contributed by atoms with van der Waals surface area (Å²) in [6.45, 7) is 14.2. The number of benzene rings is 1. The Bertz CT molecular complexity index is 1990. The van der Waals surface area contributed by atoms with E-state index in [0.29, 0.717) is 59.9 Å². The number of hydrogen-bond donors (Lipinski definition) is 2. The largest absolute Gasteiger partial charge is 0.462 e. The van der Waals surface area contributed by atoms with Gasteiger partial charge < -0.3 is 48.1 Å². The lowest BCUT2D eigenvalue weighted by Crippen LogP contribution is -2.58. The maximum absolute atomic E-state index is 14.4. The van der Waals surface area contributed by atoms with E-state index in [0.717, 1.165) is 18.4 Å². The molecule has 0 saturated carbocycles. The topological polar surface area (TPSA) is 197 Å². The van der Waals surface area contributed by atoms with Crippen molar-refractivity contribution in [3.63, 3.8) is 0 Å². The Balaban J connectivity index is 1.18. The van der Waals surface area contributed by atoms with Gasteiger partial charge >= 0.3 is 11.9 Å². The van der Waals surface area contributed by atoms with Gasteiger partial charge in [-0.2, -0.15) is 0 Å². The molecule has 344 valence electrons. The molecule has 7 rings (SSSR count). The van der Waals surface area contributed by atoms with Gasteiger partial charge in [0, 0.05) is 49.3 Å². The first-order valence-corrected chi connectivity index (χ1v) is 22.6. The van der Waals surface area contributed by atoms with Crippen LogP contribution in [-0.2, 0) is 42.7 Å². The third-order valence-corrected chi connectivity index (χ3v) is 14.2. The Morgan fingerprint density at radius 3 is 2.57 bits per heavy atom. The van der Waals surface area contributed by atoms with E-state index in [2.05, 4.69) is 36.9 Å². The summed E-state index contributed by atoms with van der Waals surface area (Å²) in [6.07, 6.45) is 7.15. The van der Waals surface area contributed by atoms with E-state index in [1.165, 1.54) is 12.1 Å². The SMILES string of the molecule is CC[C@H](C)[C@H]1O[C@]2(CC[C@@H]1C)C[C@@H]1C[C@@H](C/C=C(/C)[C@H](O[C@H]3C[C@H](OC)[C@@H](OC(=O)c4ccc(N=[N+]=[N-])cc4)[C@H](C)O3)[C@@H](C)/C=C\C=C3CO[C@@H]4[C@H](O)C(C)=C[C@@H](C(=O)O1)[C@@]34O)O2.